The lowest BCUT2D eigenvalue weighted by atomic mass is 9.92. The van der Waals surface area contributed by atoms with E-state index in [2.05, 4.69) is 20.7 Å². The molecule has 1 unspecified atom stereocenters. The van der Waals surface area contributed by atoms with Gasteiger partial charge in [0.05, 0.1) is 5.57 Å². The average Bonchev–Trinajstić information content (AvgIpc) is 3.10. The molecule has 130 valence electrons. The lowest BCUT2D eigenvalue weighted by Crippen LogP contribution is -2.31. The number of nitrogens with one attached hydrogen (secondary N) is 2. The summed E-state index contributed by atoms with van der Waals surface area (Å²) in [5, 5.41) is 10.5. The fourth-order valence-corrected chi connectivity index (χ4v) is 3.29. The maximum Gasteiger partial charge on any atom is 0.255 e. The molecule has 2 aromatic carbocycles. The zero-order chi connectivity index (χ0) is 18.1. The molecule has 0 aliphatic carbocycles. The molecule has 2 heterocycles. The SMILES string of the molecule is CC1=C(C(=O)Nc2ccccc2)C(c2ccccc2C)n2ncnc2N1. The Morgan fingerprint density at radius 3 is 2.58 bits per heavy atom. The molecule has 0 saturated heterocycles. The molecule has 0 spiro atoms. The summed E-state index contributed by atoms with van der Waals surface area (Å²) in [5.74, 6) is 0.475. The summed E-state index contributed by atoms with van der Waals surface area (Å²) < 4.78 is 1.76. The van der Waals surface area contributed by atoms with Crippen molar-refractivity contribution in [2.75, 3.05) is 10.6 Å². The van der Waals surface area contributed by atoms with E-state index in [4.69, 9.17) is 0 Å². The van der Waals surface area contributed by atoms with E-state index in [-0.39, 0.29) is 11.9 Å². The van der Waals surface area contributed by atoms with Gasteiger partial charge in [0.25, 0.3) is 5.91 Å². The molecule has 26 heavy (non-hydrogen) atoms. The van der Waals surface area contributed by atoms with Crippen LogP contribution < -0.4 is 10.6 Å². The number of para-hydroxylation sites is 1. The first-order valence-corrected chi connectivity index (χ1v) is 8.44. The third-order valence-electron chi connectivity index (χ3n) is 4.55. The average molecular weight is 345 g/mol. The van der Waals surface area contributed by atoms with Crippen LogP contribution >= 0.6 is 0 Å². The second-order valence-corrected chi connectivity index (χ2v) is 6.27. The Hall–Kier alpha value is -3.41. The van der Waals surface area contributed by atoms with Crippen molar-refractivity contribution in [1.82, 2.24) is 14.8 Å². The normalized spacial score (nSPS) is 16.0. The number of hydrogen-bond donors (Lipinski definition) is 2. The summed E-state index contributed by atoms with van der Waals surface area (Å²) in [6, 6.07) is 17.1. The molecule has 4 rings (SSSR count). The Kier molecular flexibility index (Phi) is 4.01. The minimum absolute atomic E-state index is 0.157. The topological polar surface area (TPSA) is 71.8 Å². The van der Waals surface area contributed by atoms with Gasteiger partial charge in [-0.1, -0.05) is 42.5 Å². The first-order chi connectivity index (χ1) is 12.6. The number of benzene rings is 2. The van der Waals surface area contributed by atoms with Gasteiger partial charge >= 0.3 is 0 Å². The Bertz CT molecular complexity index is 990. The van der Waals surface area contributed by atoms with Crippen LogP contribution in [0.2, 0.25) is 0 Å². The summed E-state index contributed by atoms with van der Waals surface area (Å²) in [7, 11) is 0. The molecular formula is C20H19N5O. The summed E-state index contributed by atoms with van der Waals surface area (Å²) in [5.41, 5.74) is 4.27. The van der Waals surface area contributed by atoms with E-state index in [1.54, 1.807) is 4.68 Å². The number of carbonyl (C=O) groups is 1. The molecule has 0 radical (unpaired) electrons. The van der Waals surface area contributed by atoms with Crippen LogP contribution in [0.3, 0.4) is 0 Å². The van der Waals surface area contributed by atoms with Crippen LogP contribution in [0.15, 0.2) is 72.2 Å². The molecule has 1 amide bonds. The van der Waals surface area contributed by atoms with E-state index in [1.165, 1.54) is 6.33 Å². The molecule has 1 aromatic heterocycles. The van der Waals surface area contributed by atoms with Crippen molar-refractivity contribution in [1.29, 1.82) is 0 Å². The lowest BCUT2D eigenvalue weighted by Gasteiger charge is -2.29. The Morgan fingerprint density at radius 1 is 1.08 bits per heavy atom. The van der Waals surface area contributed by atoms with Crippen LogP contribution in [-0.4, -0.2) is 20.7 Å². The molecule has 0 bridgehead atoms. The number of allylic oxidation sites excluding steroid dienone is 1. The molecule has 0 saturated carbocycles. The van der Waals surface area contributed by atoms with Crippen molar-refractivity contribution in [3.63, 3.8) is 0 Å². The zero-order valence-corrected chi connectivity index (χ0v) is 14.6. The molecule has 6 nitrogen and oxygen atoms in total. The highest BCUT2D eigenvalue weighted by molar-refractivity contribution is 6.06. The van der Waals surface area contributed by atoms with Crippen LogP contribution in [0.5, 0.6) is 0 Å². The summed E-state index contributed by atoms with van der Waals surface area (Å²) in [6.07, 6.45) is 1.50. The zero-order valence-electron chi connectivity index (χ0n) is 14.6. The van der Waals surface area contributed by atoms with Gasteiger partial charge < -0.3 is 10.6 Å². The van der Waals surface area contributed by atoms with Crippen LogP contribution in [0.25, 0.3) is 0 Å². The van der Waals surface area contributed by atoms with Crippen molar-refractivity contribution in [2.24, 2.45) is 0 Å². The molecule has 3 aromatic rings. The number of carbonyl (C=O) groups excluding carboxylic acids is 1. The number of nitrogens with zero attached hydrogens (tertiary/aromatic N) is 3. The smallest absolute Gasteiger partial charge is 0.255 e. The van der Waals surface area contributed by atoms with Crippen molar-refractivity contribution < 1.29 is 4.79 Å². The van der Waals surface area contributed by atoms with E-state index in [0.29, 0.717) is 11.5 Å². The predicted octanol–water partition coefficient (Wildman–Crippen LogP) is 3.51. The standard InChI is InChI=1S/C20H19N5O/c1-13-8-6-7-11-16(13)18-17(14(2)23-20-21-12-22-25(18)20)19(26)24-15-9-4-3-5-10-15/h3-12,18H,1-2H3,(H,24,26)(H,21,22,23). The number of hydrogen-bond acceptors (Lipinski definition) is 4. The first-order valence-electron chi connectivity index (χ1n) is 8.44. The third-order valence-corrected chi connectivity index (χ3v) is 4.55. The molecule has 2 N–H and O–H groups in total. The number of aryl methyl sites for hydroxylation is 1. The Morgan fingerprint density at radius 2 is 1.81 bits per heavy atom. The third kappa shape index (κ3) is 2.75. The van der Waals surface area contributed by atoms with E-state index >= 15 is 0 Å². The summed E-state index contributed by atoms with van der Waals surface area (Å²) >= 11 is 0. The van der Waals surface area contributed by atoms with Crippen LogP contribution in [-0.2, 0) is 4.79 Å². The maximum absolute atomic E-state index is 13.1. The van der Waals surface area contributed by atoms with Gasteiger partial charge in [-0.2, -0.15) is 10.1 Å². The molecular weight excluding hydrogens is 326 g/mol. The van der Waals surface area contributed by atoms with E-state index in [9.17, 15) is 4.79 Å². The van der Waals surface area contributed by atoms with Crippen molar-refractivity contribution in [3.8, 4) is 0 Å². The van der Waals surface area contributed by atoms with Gasteiger partial charge in [-0.3, -0.25) is 4.79 Å². The van der Waals surface area contributed by atoms with Gasteiger partial charge in [0.15, 0.2) is 0 Å². The lowest BCUT2D eigenvalue weighted by molar-refractivity contribution is -0.113. The highest BCUT2D eigenvalue weighted by Crippen LogP contribution is 2.36. The number of fused-ring (bicyclic) bond motifs is 1. The number of aromatic nitrogens is 3. The minimum atomic E-state index is -0.335. The number of amides is 1. The fourth-order valence-electron chi connectivity index (χ4n) is 3.29. The van der Waals surface area contributed by atoms with Gasteiger partial charge in [0.2, 0.25) is 5.95 Å². The first kappa shape index (κ1) is 16.1. The van der Waals surface area contributed by atoms with Crippen LogP contribution in [0.4, 0.5) is 11.6 Å². The summed E-state index contributed by atoms with van der Waals surface area (Å²) in [6.45, 7) is 3.93. The molecule has 1 atom stereocenters. The van der Waals surface area contributed by atoms with Crippen LogP contribution in [0, 0.1) is 6.92 Å². The molecule has 0 fully saturated rings. The molecule has 1 aliphatic rings. The predicted molar refractivity (Wildman–Crippen MR) is 101 cm³/mol. The summed E-state index contributed by atoms with van der Waals surface area (Å²) in [4.78, 5) is 17.4. The van der Waals surface area contributed by atoms with Gasteiger partial charge in [-0.05, 0) is 37.1 Å². The molecule has 6 heteroatoms. The Labute approximate surface area is 151 Å². The van der Waals surface area contributed by atoms with Gasteiger partial charge in [-0.15, -0.1) is 0 Å². The Balaban J connectivity index is 1.80. The van der Waals surface area contributed by atoms with E-state index in [0.717, 1.165) is 22.5 Å². The maximum atomic E-state index is 13.1. The number of anilines is 2. The molecule has 1 aliphatic heterocycles. The van der Waals surface area contributed by atoms with E-state index in [1.807, 2.05) is 68.4 Å². The fraction of sp³-hybridized carbons (Fsp3) is 0.150. The second-order valence-electron chi connectivity index (χ2n) is 6.27. The highest BCUT2D eigenvalue weighted by atomic mass is 16.1. The van der Waals surface area contributed by atoms with Gasteiger partial charge in [0.1, 0.15) is 12.4 Å². The monoisotopic (exact) mass is 345 g/mol. The van der Waals surface area contributed by atoms with Gasteiger partial charge in [-0.25, -0.2) is 4.68 Å². The minimum Gasteiger partial charge on any atom is -0.328 e. The highest BCUT2D eigenvalue weighted by Gasteiger charge is 2.34. The van der Waals surface area contributed by atoms with Crippen molar-refractivity contribution in [2.45, 2.75) is 19.9 Å². The van der Waals surface area contributed by atoms with Gasteiger partial charge in [0, 0.05) is 11.4 Å². The van der Waals surface area contributed by atoms with Crippen molar-refractivity contribution in [3.05, 3.63) is 83.3 Å². The second kappa shape index (κ2) is 6.48. The number of rotatable bonds is 3. The van der Waals surface area contributed by atoms with Crippen molar-refractivity contribution >= 4 is 17.5 Å². The quantitative estimate of drug-likeness (QED) is 0.762. The van der Waals surface area contributed by atoms with Crippen LogP contribution in [0.1, 0.15) is 24.1 Å². The van der Waals surface area contributed by atoms with E-state index < -0.39 is 0 Å². The largest absolute Gasteiger partial charge is 0.328 e.